The van der Waals surface area contributed by atoms with Gasteiger partial charge < -0.3 is 15.2 Å². The molecule has 0 aliphatic rings. The van der Waals surface area contributed by atoms with Crippen LogP contribution in [-0.2, 0) is 9.53 Å². The van der Waals surface area contributed by atoms with Gasteiger partial charge in [0.15, 0.2) is 6.10 Å². The van der Waals surface area contributed by atoms with Gasteiger partial charge in [-0.15, -0.1) is 0 Å². The maximum atomic E-state index is 13.1. The second-order valence-corrected chi connectivity index (χ2v) is 3.79. The van der Waals surface area contributed by atoms with Crippen molar-refractivity contribution in [3.63, 3.8) is 0 Å². The number of carboxylic acids is 1. The lowest BCUT2D eigenvalue weighted by Gasteiger charge is -2.11. The summed E-state index contributed by atoms with van der Waals surface area (Å²) in [6.07, 6.45) is -1.12. The Morgan fingerprint density at radius 2 is 2.11 bits per heavy atom. The lowest BCUT2D eigenvalue weighted by molar-refractivity contribution is -0.148. The molecule has 0 bridgehead atoms. The molecule has 18 heavy (non-hydrogen) atoms. The van der Waals surface area contributed by atoms with Crippen molar-refractivity contribution in [1.29, 1.82) is 0 Å². The third-order valence-electron chi connectivity index (χ3n) is 2.31. The van der Waals surface area contributed by atoms with Crippen molar-refractivity contribution in [2.45, 2.75) is 13.0 Å². The number of carbonyl (C=O) groups is 2. The fourth-order valence-corrected chi connectivity index (χ4v) is 1.43. The van der Waals surface area contributed by atoms with Crippen LogP contribution in [0.15, 0.2) is 18.2 Å². The molecule has 0 heterocycles. The highest BCUT2D eigenvalue weighted by atomic mass is 19.1. The Bertz CT molecular complexity index is 441. The smallest absolute Gasteiger partial charge is 0.334 e. The summed E-state index contributed by atoms with van der Waals surface area (Å²) in [7, 11) is 1.23. The van der Waals surface area contributed by atoms with E-state index in [0.29, 0.717) is 5.56 Å². The minimum Gasteiger partial charge on any atom is -0.479 e. The summed E-state index contributed by atoms with van der Waals surface area (Å²) in [6, 6.07) is 3.90. The fourth-order valence-electron chi connectivity index (χ4n) is 1.43. The zero-order chi connectivity index (χ0) is 13.7. The van der Waals surface area contributed by atoms with Gasteiger partial charge >= 0.3 is 5.97 Å². The summed E-state index contributed by atoms with van der Waals surface area (Å²) in [5.41, 5.74) is 0.759. The Labute approximate surface area is 104 Å². The summed E-state index contributed by atoms with van der Waals surface area (Å²) < 4.78 is 17.7. The van der Waals surface area contributed by atoms with Crippen LogP contribution < -0.4 is 5.32 Å². The molecule has 6 heteroatoms. The second kappa shape index (κ2) is 6.11. The maximum Gasteiger partial charge on any atom is 0.334 e. The van der Waals surface area contributed by atoms with Gasteiger partial charge in [-0.2, -0.15) is 0 Å². The lowest BCUT2D eigenvalue weighted by Crippen LogP contribution is -2.37. The topological polar surface area (TPSA) is 75.6 Å². The normalized spacial score (nSPS) is 11.9. The summed E-state index contributed by atoms with van der Waals surface area (Å²) in [4.78, 5) is 22.3. The molecule has 0 aliphatic heterocycles. The third-order valence-corrected chi connectivity index (χ3v) is 2.31. The number of aryl methyl sites for hydroxylation is 1. The highest BCUT2D eigenvalue weighted by molar-refractivity contribution is 5.94. The zero-order valence-corrected chi connectivity index (χ0v) is 10.1. The average molecular weight is 255 g/mol. The molecule has 1 atom stereocenters. The van der Waals surface area contributed by atoms with Crippen molar-refractivity contribution < 1.29 is 23.8 Å². The number of halogens is 1. The molecule has 2 N–H and O–H groups in total. The number of amides is 1. The molecule has 1 rings (SSSR count). The number of rotatable bonds is 5. The number of methoxy groups -OCH3 is 1. The Morgan fingerprint density at radius 1 is 1.44 bits per heavy atom. The standard InChI is InChI=1S/C12H14FNO4/c1-7-3-8(5-9(13)4-7)11(15)14-6-10(18-2)12(16)17/h3-5,10H,6H2,1-2H3,(H,14,15)(H,16,17). The Morgan fingerprint density at radius 3 is 2.61 bits per heavy atom. The van der Waals surface area contributed by atoms with Crippen molar-refractivity contribution in [2.24, 2.45) is 0 Å². The molecule has 1 amide bonds. The molecule has 1 aromatic carbocycles. The van der Waals surface area contributed by atoms with Crippen molar-refractivity contribution >= 4 is 11.9 Å². The Kier molecular flexibility index (Phi) is 4.79. The molecule has 98 valence electrons. The van der Waals surface area contributed by atoms with Gasteiger partial charge in [-0.05, 0) is 30.7 Å². The Hall–Kier alpha value is -1.95. The van der Waals surface area contributed by atoms with Crippen LogP contribution in [0.4, 0.5) is 4.39 Å². The molecule has 0 saturated heterocycles. The van der Waals surface area contributed by atoms with E-state index >= 15 is 0 Å². The summed E-state index contributed by atoms with van der Waals surface area (Å²) >= 11 is 0. The van der Waals surface area contributed by atoms with Crippen LogP contribution in [0.3, 0.4) is 0 Å². The van der Waals surface area contributed by atoms with Crippen LogP contribution >= 0.6 is 0 Å². The molecule has 0 fully saturated rings. The zero-order valence-electron chi connectivity index (χ0n) is 10.1. The predicted octanol–water partition coefficient (Wildman–Crippen LogP) is 0.964. The molecule has 1 aromatic rings. The van der Waals surface area contributed by atoms with Gasteiger partial charge in [-0.3, -0.25) is 4.79 Å². The third kappa shape index (κ3) is 3.81. The maximum absolute atomic E-state index is 13.1. The number of benzene rings is 1. The quantitative estimate of drug-likeness (QED) is 0.821. The van der Waals surface area contributed by atoms with E-state index in [-0.39, 0.29) is 12.1 Å². The number of carboxylic acid groups (broad SMARTS) is 1. The van der Waals surface area contributed by atoms with Crippen molar-refractivity contribution in [2.75, 3.05) is 13.7 Å². The van der Waals surface area contributed by atoms with Crippen molar-refractivity contribution in [3.05, 3.63) is 35.1 Å². The number of hydrogen-bond donors (Lipinski definition) is 2. The molecule has 1 unspecified atom stereocenters. The first-order chi connectivity index (χ1) is 8.43. The van der Waals surface area contributed by atoms with E-state index in [1.807, 2.05) is 0 Å². The number of hydrogen-bond acceptors (Lipinski definition) is 3. The Balaban J connectivity index is 2.68. The first-order valence-corrected chi connectivity index (χ1v) is 5.25. The minimum atomic E-state index is -1.17. The van der Waals surface area contributed by atoms with Gasteiger partial charge in [-0.25, -0.2) is 9.18 Å². The van der Waals surface area contributed by atoms with Gasteiger partial charge in [0.25, 0.3) is 5.91 Å². The van der Waals surface area contributed by atoms with E-state index in [2.05, 4.69) is 10.1 Å². The van der Waals surface area contributed by atoms with Gasteiger partial charge in [0, 0.05) is 12.7 Å². The van der Waals surface area contributed by atoms with E-state index < -0.39 is 23.8 Å². The predicted molar refractivity (Wildman–Crippen MR) is 61.9 cm³/mol. The average Bonchev–Trinajstić information content (AvgIpc) is 2.27. The molecule has 0 radical (unpaired) electrons. The molecule has 5 nitrogen and oxygen atoms in total. The van der Waals surface area contributed by atoms with Crippen LogP contribution in [0.25, 0.3) is 0 Å². The van der Waals surface area contributed by atoms with Gasteiger partial charge in [0.05, 0.1) is 6.54 Å². The van der Waals surface area contributed by atoms with Gasteiger partial charge in [-0.1, -0.05) is 0 Å². The van der Waals surface area contributed by atoms with Crippen LogP contribution in [0, 0.1) is 12.7 Å². The number of ether oxygens (including phenoxy) is 1. The van der Waals surface area contributed by atoms with E-state index in [4.69, 9.17) is 5.11 Å². The van der Waals surface area contributed by atoms with Gasteiger partial charge in [0.2, 0.25) is 0 Å². The molecule has 0 aromatic heterocycles. The van der Waals surface area contributed by atoms with Crippen LogP contribution in [0.1, 0.15) is 15.9 Å². The highest BCUT2D eigenvalue weighted by Crippen LogP contribution is 2.08. The van der Waals surface area contributed by atoms with Crippen LogP contribution in [-0.4, -0.2) is 36.7 Å². The minimum absolute atomic E-state index is 0.146. The molecular weight excluding hydrogens is 241 g/mol. The number of nitrogens with one attached hydrogen (secondary N) is 1. The monoisotopic (exact) mass is 255 g/mol. The van der Waals surface area contributed by atoms with Crippen LogP contribution in [0.5, 0.6) is 0 Å². The number of aliphatic carboxylic acids is 1. The van der Waals surface area contributed by atoms with E-state index in [0.717, 1.165) is 6.07 Å². The SMILES string of the molecule is COC(CNC(=O)c1cc(C)cc(F)c1)C(=O)O. The van der Waals surface area contributed by atoms with Crippen molar-refractivity contribution in [3.8, 4) is 0 Å². The number of carbonyl (C=O) groups excluding carboxylic acids is 1. The first kappa shape index (κ1) is 14.1. The fraction of sp³-hybridized carbons (Fsp3) is 0.333. The largest absolute Gasteiger partial charge is 0.479 e. The lowest BCUT2D eigenvalue weighted by atomic mass is 10.1. The first-order valence-electron chi connectivity index (χ1n) is 5.25. The summed E-state index contributed by atoms with van der Waals surface area (Å²) in [5, 5.41) is 11.1. The second-order valence-electron chi connectivity index (χ2n) is 3.79. The van der Waals surface area contributed by atoms with Gasteiger partial charge in [0.1, 0.15) is 5.82 Å². The van der Waals surface area contributed by atoms with E-state index in [9.17, 15) is 14.0 Å². The molecule has 0 spiro atoms. The van der Waals surface area contributed by atoms with E-state index in [1.54, 1.807) is 6.92 Å². The van der Waals surface area contributed by atoms with Crippen molar-refractivity contribution in [1.82, 2.24) is 5.32 Å². The molecular formula is C12H14FNO4. The molecule has 0 aliphatic carbocycles. The van der Waals surface area contributed by atoms with E-state index in [1.165, 1.54) is 19.2 Å². The van der Waals surface area contributed by atoms with Crippen LogP contribution in [0.2, 0.25) is 0 Å². The summed E-state index contributed by atoms with van der Waals surface area (Å²) in [5.74, 6) is -2.23. The highest BCUT2D eigenvalue weighted by Gasteiger charge is 2.17. The molecule has 0 saturated carbocycles. The summed E-state index contributed by atoms with van der Waals surface area (Å²) in [6.45, 7) is 1.48.